The highest BCUT2D eigenvalue weighted by Crippen LogP contribution is 2.06. The van der Waals surface area contributed by atoms with E-state index < -0.39 is 0 Å². The topological polar surface area (TPSA) is 41.5 Å². The molecule has 0 spiro atoms. The quantitative estimate of drug-likeness (QED) is 0.643. The van der Waals surface area contributed by atoms with Crippen molar-refractivity contribution in [1.29, 1.82) is 0 Å². The van der Waals surface area contributed by atoms with Crippen LogP contribution in [-0.4, -0.2) is 31.5 Å². The number of hydrogen-bond donors (Lipinski definition) is 2. The maximum Gasteiger partial charge on any atom is 0.0698 e. The highest BCUT2D eigenvalue weighted by atomic mass is 32.1. The lowest BCUT2D eigenvalue weighted by Gasteiger charge is -2.03. The monoisotopic (exact) mass is 201 g/mol. The summed E-state index contributed by atoms with van der Waals surface area (Å²) in [5.41, 5.74) is 0. The first-order valence-corrected chi connectivity index (χ1v) is 5.23. The molecule has 0 aliphatic heterocycles. The number of nitrogens with one attached hydrogen (secondary N) is 1. The van der Waals surface area contributed by atoms with E-state index in [1.165, 1.54) is 4.88 Å². The van der Waals surface area contributed by atoms with Gasteiger partial charge >= 0.3 is 0 Å². The smallest absolute Gasteiger partial charge is 0.0698 e. The summed E-state index contributed by atoms with van der Waals surface area (Å²) in [5.74, 6) is 0. The minimum atomic E-state index is 0.102. The zero-order chi connectivity index (χ0) is 9.36. The third-order valence-corrected chi connectivity index (χ3v) is 2.41. The lowest BCUT2D eigenvalue weighted by Crippen LogP contribution is -2.19. The van der Waals surface area contributed by atoms with Crippen LogP contribution in [0.4, 0.5) is 0 Å². The van der Waals surface area contributed by atoms with Gasteiger partial charge in [-0.2, -0.15) is 0 Å². The van der Waals surface area contributed by atoms with E-state index in [2.05, 4.69) is 16.8 Å². The van der Waals surface area contributed by atoms with Crippen LogP contribution in [0.15, 0.2) is 17.5 Å². The van der Waals surface area contributed by atoms with Gasteiger partial charge in [0.1, 0.15) is 0 Å². The first-order valence-electron chi connectivity index (χ1n) is 4.35. The molecule has 4 heteroatoms. The maximum atomic E-state index is 8.43. The fourth-order valence-corrected chi connectivity index (χ4v) is 1.61. The Morgan fingerprint density at radius 3 is 3.08 bits per heavy atom. The second-order valence-corrected chi connectivity index (χ2v) is 3.62. The minimum Gasteiger partial charge on any atom is -0.394 e. The number of ether oxygens (including phenoxy) is 1. The lowest BCUT2D eigenvalue weighted by molar-refractivity contribution is 0.0938. The molecule has 0 atom stereocenters. The molecule has 1 aromatic heterocycles. The molecule has 13 heavy (non-hydrogen) atoms. The molecule has 0 radical (unpaired) electrons. The molecule has 1 aromatic rings. The van der Waals surface area contributed by atoms with Gasteiger partial charge in [0.05, 0.1) is 19.8 Å². The molecule has 0 aromatic carbocycles. The number of aliphatic hydroxyl groups excluding tert-OH is 1. The van der Waals surface area contributed by atoms with Crippen molar-refractivity contribution in [2.24, 2.45) is 0 Å². The highest BCUT2D eigenvalue weighted by molar-refractivity contribution is 7.09. The first-order chi connectivity index (χ1) is 6.43. The second kappa shape index (κ2) is 7.03. The van der Waals surface area contributed by atoms with Gasteiger partial charge in [0, 0.05) is 18.0 Å². The molecule has 0 fully saturated rings. The van der Waals surface area contributed by atoms with E-state index in [4.69, 9.17) is 9.84 Å². The van der Waals surface area contributed by atoms with Gasteiger partial charge in [-0.15, -0.1) is 11.3 Å². The normalized spacial score (nSPS) is 10.5. The summed E-state index contributed by atoms with van der Waals surface area (Å²) in [7, 11) is 0. The van der Waals surface area contributed by atoms with Crippen LogP contribution in [0, 0.1) is 0 Å². The van der Waals surface area contributed by atoms with Crippen molar-refractivity contribution in [2.75, 3.05) is 26.4 Å². The van der Waals surface area contributed by atoms with Crippen molar-refractivity contribution in [1.82, 2.24) is 5.32 Å². The number of hydrogen-bond acceptors (Lipinski definition) is 4. The molecular formula is C9H15NO2S. The van der Waals surface area contributed by atoms with E-state index in [0.29, 0.717) is 13.2 Å². The Bertz CT molecular complexity index is 201. The molecule has 0 aliphatic rings. The van der Waals surface area contributed by atoms with E-state index in [9.17, 15) is 0 Å². The molecule has 1 heterocycles. The highest BCUT2D eigenvalue weighted by Gasteiger charge is 1.92. The summed E-state index contributed by atoms with van der Waals surface area (Å²) >= 11 is 1.75. The van der Waals surface area contributed by atoms with Crippen LogP contribution >= 0.6 is 11.3 Å². The predicted molar refractivity (Wildman–Crippen MR) is 53.9 cm³/mol. The van der Waals surface area contributed by atoms with Gasteiger partial charge in [-0.25, -0.2) is 0 Å². The van der Waals surface area contributed by atoms with Crippen LogP contribution in [0.3, 0.4) is 0 Å². The standard InChI is InChI=1S/C9H15NO2S/c11-4-6-12-5-3-10-8-9-2-1-7-13-9/h1-2,7,10-11H,3-6,8H2. The fraction of sp³-hybridized carbons (Fsp3) is 0.556. The van der Waals surface area contributed by atoms with E-state index in [0.717, 1.165) is 13.1 Å². The summed E-state index contributed by atoms with van der Waals surface area (Å²) in [4.78, 5) is 1.34. The Morgan fingerprint density at radius 1 is 1.46 bits per heavy atom. The van der Waals surface area contributed by atoms with Crippen LogP contribution in [0.1, 0.15) is 4.88 Å². The molecule has 0 amide bonds. The Labute approximate surface area is 82.4 Å². The van der Waals surface area contributed by atoms with Gasteiger partial charge in [0.15, 0.2) is 0 Å². The number of thiophene rings is 1. The minimum absolute atomic E-state index is 0.102. The molecule has 0 saturated carbocycles. The summed E-state index contributed by atoms with van der Waals surface area (Å²) in [6, 6.07) is 4.15. The first kappa shape index (κ1) is 10.7. The molecule has 0 unspecified atom stereocenters. The number of rotatable bonds is 7. The van der Waals surface area contributed by atoms with Crippen molar-refractivity contribution < 1.29 is 9.84 Å². The lowest BCUT2D eigenvalue weighted by atomic mass is 10.4. The van der Waals surface area contributed by atoms with Crippen LogP contribution in [0.2, 0.25) is 0 Å². The molecule has 74 valence electrons. The van der Waals surface area contributed by atoms with E-state index in [1.54, 1.807) is 11.3 Å². The molecule has 3 nitrogen and oxygen atoms in total. The van der Waals surface area contributed by atoms with Crippen LogP contribution in [0.25, 0.3) is 0 Å². The summed E-state index contributed by atoms with van der Waals surface area (Å²) in [6.45, 7) is 2.93. The van der Waals surface area contributed by atoms with Gasteiger partial charge < -0.3 is 15.2 Å². The van der Waals surface area contributed by atoms with Gasteiger partial charge in [-0.3, -0.25) is 0 Å². The summed E-state index contributed by atoms with van der Waals surface area (Å²) < 4.78 is 5.09. The van der Waals surface area contributed by atoms with Gasteiger partial charge in [-0.1, -0.05) is 6.07 Å². The van der Waals surface area contributed by atoms with Crippen molar-refractivity contribution >= 4 is 11.3 Å². The zero-order valence-corrected chi connectivity index (χ0v) is 8.35. The van der Waals surface area contributed by atoms with Crippen molar-refractivity contribution in [3.05, 3.63) is 22.4 Å². The molecular weight excluding hydrogens is 186 g/mol. The van der Waals surface area contributed by atoms with E-state index in [1.807, 2.05) is 6.07 Å². The molecule has 2 N–H and O–H groups in total. The zero-order valence-electron chi connectivity index (χ0n) is 7.53. The van der Waals surface area contributed by atoms with Gasteiger partial charge in [0.2, 0.25) is 0 Å². The number of aliphatic hydroxyl groups is 1. The van der Waals surface area contributed by atoms with Crippen LogP contribution in [0.5, 0.6) is 0 Å². The summed E-state index contributed by atoms with van der Waals surface area (Å²) in [5, 5.41) is 13.7. The second-order valence-electron chi connectivity index (χ2n) is 2.59. The third-order valence-electron chi connectivity index (χ3n) is 1.54. The predicted octanol–water partition coefficient (Wildman–Crippen LogP) is 0.847. The average molecular weight is 201 g/mol. The SMILES string of the molecule is OCCOCCNCc1cccs1. The van der Waals surface area contributed by atoms with Gasteiger partial charge in [-0.05, 0) is 11.4 Å². The van der Waals surface area contributed by atoms with Crippen molar-refractivity contribution in [3.8, 4) is 0 Å². The molecule has 0 saturated heterocycles. The Morgan fingerprint density at radius 2 is 2.38 bits per heavy atom. The van der Waals surface area contributed by atoms with Crippen molar-refractivity contribution in [3.63, 3.8) is 0 Å². The fourth-order valence-electron chi connectivity index (χ4n) is 0.936. The Kier molecular flexibility index (Phi) is 5.76. The van der Waals surface area contributed by atoms with Crippen LogP contribution < -0.4 is 5.32 Å². The Balaban J connectivity index is 1.90. The Hall–Kier alpha value is -0.420. The largest absolute Gasteiger partial charge is 0.394 e. The molecule has 0 aliphatic carbocycles. The van der Waals surface area contributed by atoms with Crippen molar-refractivity contribution in [2.45, 2.75) is 6.54 Å². The van der Waals surface area contributed by atoms with Gasteiger partial charge in [0.25, 0.3) is 0 Å². The molecule has 1 rings (SSSR count). The van der Waals surface area contributed by atoms with E-state index >= 15 is 0 Å². The van der Waals surface area contributed by atoms with Crippen LogP contribution in [-0.2, 0) is 11.3 Å². The van der Waals surface area contributed by atoms with E-state index in [-0.39, 0.29) is 6.61 Å². The summed E-state index contributed by atoms with van der Waals surface area (Å²) in [6.07, 6.45) is 0. The molecule has 0 bridgehead atoms. The maximum absolute atomic E-state index is 8.43. The average Bonchev–Trinajstić information content (AvgIpc) is 2.63. The third kappa shape index (κ3) is 5.00.